The Labute approximate surface area is 84.8 Å². The van der Waals surface area contributed by atoms with Crippen LogP contribution in [0.2, 0.25) is 0 Å². The maximum Gasteiger partial charge on any atom is 0.116 e. The van der Waals surface area contributed by atoms with Gasteiger partial charge in [0.25, 0.3) is 0 Å². The highest BCUT2D eigenvalue weighted by Crippen LogP contribution is 2.28. The second-order valence-electron chi connectivity index (χ2n) is 3.58. The first-order chi connectivity index (χ1) is 6.60. The van der Waals surface area contributed by atoms with E-state index in [0.717, 1.165) is 23.1 Å². The summed E-state index contributed by atoms with van der Waals surface area (Å²) in [4.78, 5) is 0. The Morgan fingerprint density at radius 1 is 1.36 bits per heavy atom. The summed E-state index contributed by atoms with van der Waals surface area (Å²) in [5.74, 6) is 0.215. The summed E-state index contributed by atoms with van der Waals surface area (Å²) in [5.41, 5.74) is 3.06. The molecular formula is C12H15NO. The SMILES string of the molecule is CCC(C#N)c1c(C)cc(O)cc1C. The lowest BCUT2D eigenvalue weighted by molar-refractivity contribution is 0.474. The van der Waals surface area contributed by atoms with E-state index < -0.39 is 0 Å². The van der Waals surface area contributed by atoms with Crippen LogP contribution in [0.25, 0.3) is 0 Å². The Morgan fingerprint density at radius 3 is 2.21 bits per heavy atom. The Kier molecular flexibility index (Phi) is 3.14. The van der Waals surface area contributed by atoms with E-state index in [1.54, 1.807) is 12.1 Å². The van der Waals surface area contributed by atoms with Crippen molar-refractivity contribution < 1.29 is 5.11 Å². The highest BCUT2D eigenvalue weighted by Gasteiger charge is 2.14. The van der Waals surface area contributed by atoms with Crippen LogP contribution in [0.15, 0.2) is 12.1 Å². The molecule has 74 valence electrons. The lowest BCUT2D eigenvalue weighted by Gasteiger charge is -2.14. The van der Waals surface area contributed by atoms with E-state index in [2.05, 4.69) is 6.07 Å². The smallest absolute Gasteiger partial charge is 0.116 e. The average Bonchev–Trinajstić information content (AvgIpc) is 2.10. The number of nitrogens with zero attached hydrogens (tertiary/aromatic N) is 1. The van der Waals surface area contributed by atoms with Crippen molar-refractivity contribution >= 4 is 0 Å². The lowest BCUT2D eigenvalue weighted by Crippen LogP contribution is -2.00. The van der Waals surface area contributed by atoms with Crippen LogP contribution < -0.4 is 0 Å². The van der Waals surface area contributed by atoms with Crippen molar-refractivity contribution in [2.24, 2.45) is 0 Å². The van der Waals surface area contributed by atoms with Crippen molar-refractivity contribution in [2.75, 3.05) is 0 Å². The van der Waals surface area contributed by atoms with Crippen LogP contribution in [0.1, 0.15) is 36.0 Å². The standard InChI is InChI=1S/C12H15NO/c1-4-10(7-13)12-8(2)5-11(14)6-9(12)3/h5-6,10,14H,4H2,1-3H3. The predicted molar refractivity (Wildman–Crippen MR) is 56.2 cm³/mol. The molecule has 2 nitrogen and oxygen atoms in total. The molecule has 0 fully saturated rings. The number of nitriles is 1. The monoisotopic (exact) mass is 189 g/mol. The van der Waals surface area contributed by atoms with Crippen molar-refractivity contribution in [2.45, 2.75) is 33.1 Å². The first-order valence-corrected chi connectivity index (χ1v) is 4.79. The molecule has 0 amide bonds. The molecule has 1 aromatic carbocycles. The molecule has 0 saturated heterocycles. The Morgan fingerprint density at radius 2 is 1.86 bits per heavy atom. The van der Waals surface area contributed by atoms with E-state index in [-0.39, 0.29) is 11.7 Å². The minimum Gasteiger partial charge on any atom is -0.508 e. The molecule has 0 aromatic heterocycles. The van der Waals surface area contributed by atoms with Crippen LogP contribution in [-0.2, 0) is 0 Å². The van der Waals surface area contributed by atoms with Gasteiger partial charge in [0.05, 0.1) is 12.0 Å². The third kappa shape index (κ3) is 1.88. The number of hydrogen-bond donors (Lipinski definition) is 1. The molecule has 0 bridgehead atoms. The van der Waals surface area contributed by atoms with Gasteiger partial charge in [0.2, 0.25) is 0 Å². The fraction of sp³-hybridized carbons (Fsp3) is 0.417. The van der Waals surface area contributed by atoms with Gasteiger partial charge in [-0.3, -0.25) is 0 Å². The zero-order valence-electron chi connectivity index (χ0n) is 8.83. The van der Waals surface area contributed by atoms with E-state index in [1.807, 2.05) is 20.8 Å². The van der Waals surface area contributed by atoms with Gasteiger partial charge < -0.3 is 5.11 Å². The van der Waals surface area contributed by atoms with Gasteiger partial charge in [-0.25, -0.2) is 0 Å². The normalized spacial score (nSPS) is 12.1. The van der Waals surface area contributed by atoms with Gasteiger partial charge in [-0.15, -0.1) is 0 Å². The second-order valence-corrected chi connectivity index (χ2v) is 3.58. The van der Waals surface area contributed by atoms with Crippen LogP contribution >= 0.6 is 0 Å². The quantitative estimate of drug-likeness (QED) is 0.777. The molecular weight excluding hydrogens is 174 g/mol. The molecule has 1 unspecified atom stereocenters. The molecule has 1 N–H and O–H groups in total. The third-order valence-corrected chi connectivity index (χ3v) is 2.49. The van der Waals surface area contributed by atoms with E-state index in [0.29, 0.717) is 0 Å². The number of aryl methyl sites for hydroxylation is 2. The van der Waals surface area contributed by atoms with Crippen LogP contribution in [0.5, 0.6) is 5.75 Å². The maximum atomic E-state index is 9.36. The fourth-order valence-electron chi connectivity index (χ4n) is 1.86. The van der Waals surface area contributed by atoms with E-state index in [9.17, 15) is 5.11 Å². The summed E-state index contributed by atoms with van der Waals surface area (Å²) in [6.07, 6.45) is 0.808. The van der Waals surface area contributed by atoms with Crippen molar-refractivity contribution in [1.29, 1.82) is 5.26 Å². The average molecular weight is 189 g/mol. The number of phenols is 1. The van der Waals surface area contributed by atoms with E-state index in [4.69, 9.17) is 5.26 Å². The third-order valence-electron chi connectivity index (χ3n) is 2.49. The van der Waals surface area contributed by atoms with Crippen LogP contribution in [0, 0.1) is 25.2 Å². The number of benzene rings is 1. The molecule has 0 saturated carbocycles. The van der Waals surface area contributed by atoms with Gasteiger partial charge in [0, 0.05) is 0 Å². The molecule has 0 heterocycles. The van der Waals surface area contributed by atoms with Crippen LogP contribution in [0.4, 0.5) is 0 Å². The number of rotatable bonds is 2. The minimum atomic E-state index is -0.0596. The highest BCUT2D eigenvalue weighted by atomic mass is 16.3. The summed E-state index contributed by atoms with van der Waals surface area (Å²) in [5, 5.41) is 18.3. The second kappa shape index (κ2) is 4.15. The lowest BCUT2D eigenvalue weighted by atomic mass is 9.90. The van der Waals surface area contributed by atoms with Gasteiger partial charge in [0.1, 0.15) is 5.75 Å². The van der Waals surface area contributed by atoms with Crippen molar-refractivity contribution in [3.8, 4) is 11.8 Å². The van der Waals surface area contributed by atoms with Gasteiger partial charge in [-0.2, -0.15) is 5.26 Å². The summed E-state index contributed by atoms with van der Waals surface area (Å²) in [7, 11) is 0. The fourth-order valence-corrected chi connectivity index (χ4v) is 1.86. The topological polar surface area (TPSA) is 44.0 Å². The summed E-state index contributed by atoms with van der Waals surface area (Å²) >= 11 is 0. The maximum absolute atomic E-state index is 9.36. The van der Waals surface area contributed by atoms with Gasteiger partial charge in [0.15, 0.2) is 0 Å². The summed E-state index contributed by atoms with van der Waals surface area (Å²) in [6.45, 7) is 5.86. The van der Waals surface area contributed by atoms with Crippen LogP contribution in [-0.4, -0.2) is 5.11 Å². The molecule has 0 spiro atoms. The molecule has 0 radical (unpaired) electrons. The molecule has 2 heteroatoms. The Hall–Kier alpha value is -1.49. The van der Waals surface area contributed by atoms with Crippen molar-refractivity contribution in [3.05, 3.63) is 28.8 Å². The van der Waals surface area contributed by atoms with E-state index >= 15 is 0 Å². The first kappa shape index (κ1) is 10.6. The van der Waals surface area contributed by atoms with Gasteiger partial charge in [-0.1, -0.05) is 6.92 Å². The molecule has 0 aliphatic heterocycles. The van der Waals surface area contributed by atoms with E-state index in [1.165, 1.54) is 0 Å². The molecule has 14 heavy (non-hydrogen) atoms. The number of phenolic OH excluding ortho intramolecular Hbond substituents is 1. The Balaban J connectivity index is 3.28. The minimum absolute atomic E-state index is 0.0596. The first-order valence-electron chi connectivity index (χ1n) is 4.79. The Bertz CT molecular complexity index is 353. The summed E-state index contributed by atoms with van der Waals surface area (Å²) in [6, 6.07) is 5.71. The highest BCUT2D eigenvalue weighted by molar-refractivity contribution is 5.44. The van der Waals surface area contributed by atoms with Crippen LogP contribution in [0.3, 0.4) is 0 Å². The molecule has 0 aliphatic rings. The zero-order chi connectivity index (χ0) is 10.7. The predicted octanol–water partition coefficient (Wildman–Crippen LogP) is 3.03. The van der Waals surface area contributed by atoms with Crippen molar-refractivity contribution in [3.63, 3.8) is 0 Å². The largest absolute Gasteiger partial charge is 0.508 e. The number of hydrogen-bond acceptors (Lipinski definition) is 2. The molecule has 1 aromatic rings. The zero-order valence-corrected chi connectivity index (χ0v) is 8.83. The molecule has 0 aliphatic carbocycles. The molecule has 1 rings (SSSR count). The van der Waals surface area contributed by atoms with Gasteiger partial charge >= 0.3 is 0 Å². The van der Waals surface area contributed by atoms with Crippen molar-refractivity contribution in [1.82, 2.24) is 0 Å². The number of aromatic hydroxyl groups is 1. The summed E-state index contributed by atoms with van der Waals surface area (Å²) < 4.78 is 0. The molecule has 1 atom stereocenters. The van der Waals surface area contributed by atoms with Gasteiger partial charge in [-0.05, 0) is 49.1 Å².